The summed E-state index contributed by atoms with van der Waals surface area (Å²) in [6.07, 6.45) is 54.4. The number of allylic oxidation sites excluding steroid dienone is 2. The van der Waals surface area contributed by atoms with Crippen molar-refractivity contribution in [2.45, 2.75) is 277 Å². The summed E-state index contributed by atoms with van der Waals surface area (Å²) < 4.78 is 10.7. The molecule has 0 bridgehead atoms. The number of hydrogen-bond donors (Lipinski definition) is 1. The standard InChI is InChI=1S/C49H94O5/c1-3-5-7-9-11-13-15-17-19-21-22-23-24-25-26-28-30-32-34-36-38-40-42-44-49(52)54-47(45-50)46-53-48(51)43-41-39-37-35-33-31-29-27-20-18-16-14-12-10-8-6-4-2/h18,20,47,50H,3-17,19,21-46H2,1-2H3/b20-18+/t47-/m0/s1. The van der Waals surface area contributed by atoms with E-state index in [1.165, 1.54) is 205 Å². The van der Waals surface area contributed by atoms with Crippen molar-refractivity contribution in [3.05, 3.63) is 12.2 Å². The van der Waals surface area contributed by atoms with Gasteiger partial charge in [-0.05, 0) is 38.5 Å². The number of aliphatic hydroxyl groups excluding tert-OH is 1. The van der Waals surface area contributed by atoms with Gasteiger partial charge >= 0.3 is 11.9 Å². The zero-order valence-corrected chi connectivity index (χ0v) is 36.5. The molecule has 5 nitrogen and oxygen atoms in total. The average Bonchev–Trinajstić information content (AvgIpc) is 3.17. The third-order valence-corrected chi connectivity index (χ3v) is 11.1. The topological polar surface area (TPSA) is 72.8 Å². The second-order valence-electron chi connectivity index (χ2n) is 16.5. The summed E-state index contributed by atoms with van der Waals surface area (Å²) in [5, 5.41) is 9.60. The molecule has 320 valence electrons. The van der Waals surface area contributed by atoms with E-state index in [1.54, 1.807) is 0 Å². The molecule has 0 fully saturated rings. The molecule has 1 atom stereocenters. The number of unbranched alkanes of at least 4 members (excludes halogenated alkanes) is 35. The molecular weight excluding hydrogens is 669 g/mol. The van der Waals surface area contributed by atoms with Crippen molar-refractivity contribution in [1.82, 2.24) is 0 Å². The first-order valence-corrected chi connectivity index (χ1v) is 24.2. The Labute approximate surface area is 337 Å². The molecule has 0 rings (SSSR count). The van der Waals surface area contributed by atoms with Gasteiger partial charge in [-0.2, -0.15) is 0 Å². The Kier molecular flexibility index (Phi) is 44.9. The minimum Gasteiger partial charge on any atom is -0.462 e. The zero-order valence-electron chi connectivity index (χ0n) is 36.5. The van der Waals surface area contributed by atoms with Crippen LogP contribution in [0.2, 0.25) is 0 Å². The van der Waals surface area contributed by atoms with E-state index in [4.69, 9.17) is 9.47 Å². The molecule has 0 aromatic rings. The van der Waals surface area contributed by atoms with Gasteiger partial charge in [0.15, 0.2) is 6.10 Å². The molecule has 0 aromatic carbocycles. The molecule has 54 heavy (non-hydrogen) atoms. The second-order valence-corrected chi connectivity index (χ2v) is 16.5. The van der Waals surface area contributed by atoms with Crippen molar-refractivity contribution >= 4 is 11.9 Å². The van der Waals surface area contributed by atoms with Crippen LogP contribution < -0.4 is 0 Å². The molecule has 0 saturated carbocycles. The fraction of sp³-hybridized carbons (Fsp3) is 0.918. The Bertz CT molecular complexity index is 780. The smallest absolute Gasteiger partial charge is 0.306 e. The number of carbonyl (C=O) groups excluding carboxylic acids is 2. The number of aliphatic hydroxyl groups is 1. The third kappa shape index (κ3) is 43.4. The van der Waals surface area contributed by atoms with Gasteiger partial charge in [-0.3, -0.25) is 9.59 Å². The molecule has 0 aromatic heterocycles. The summed E-state index contributed by atoms with van der Waals surface area (Å²) in [7, 11) is 0. The van der Waals surface area contributed by atoms with Gasteiger partial charge in [-0.25, -0.2) is 0 Å². The minimum atomic E-state index is -0.767. The maximum absolute atomic E-state index is 12.2. The van der Waals surface area contributed by atoms with E-state index < -0.39 is 6.10 Å². The van der Waals surface area contributed by atoms with E-state index >= 15 is 0 Å². The Hall–Kier alpha value is -1.36. The Morgan fingerprint density at radius 1 is 0.407 bits per heavy atom. The maximum Gasteiger partial charge on any atom is 0.306 e. The molecule has 0 radical (unpaired) electrons. The second kappa shape index (κ2) is 46.0. The van der Waals surface area contributed by atoms with Gasteiger partial charge in [0.1, 0.15) is 6.61 Å². The van der Waals surface area contributed by atoms with Crippen LogP contribution in [0.4, 0.5) is 0 Å². The highest BCUT2D eigenvalue weighted by Crippen LogP contribution is 2.16. The SMILES string of the molecule is CCCCCCCC/C=C/CCCCCCCCCC(=O)OC[C@H](CO)OC(=O)CCCCCCCCCCCCCCCCCCCCCCCCC. The van der Waals surface area contributed by atoms with Gasteiger partial charge in [0.05, 0.1) is 6.61 Å². The van der Waals surface area contributed by atoms with E-state index in [9.17, 15) is 14.7 Å². The maximum atomic E-state index is 12.2. The summed E-state index contributed by atoms with van der Waals surface area (Å²) in [4.78, 5) is 24.4. The Morgan fingerprint density at radius 3 is 1.00 bits per heavy atom. The molecule has 0 heterocycles. The number of ether oxygens (including phenoxy) is 2. The monoisotopic (exact) mass is 763 g/mol. The number of esters is 2. The number of carbonyl (C=O) groups is 2. The molecule has 0 unspecified atom stereocenters. The van der Waals surface area contributed by atoms with Gasteiger partial charge in [0.2, 0.25) is 0 Å². The van der Waals surface area contributed by atoms with Gasteiger partial charge < -0.3 is 14.6 Å². The van der Waals surface area contributed by atoms with Crippen LogP contribution in [-0.4, -0.2) is 36.4 Å². The quantitative estimate of drug-likeness (QED) is 0.0380. The van der Waals surface area contributed by atoms with Crippen LogP contribution in [0.5, 0.6) is 0 Å². The first-order valence-electron chi connectivity index (χ1n) is 24.2. The van der Waals surface area contributed by atoms with Gasteiger partial charge in [0.25, 0.3) is 0 Å². The van der Waals surface area contributed by atoms with Crippen molar-refractivity contribution < 1.29 is 24.2 Å². The first-order chi connectivity index (χ1) is 26.6. The van der Waals surface area contributed by atoms with E-state index in [1.807, 2.05) is 0 Å². The average molecular weight is 763 g/mol. The van der Waals surface area contributed by atoms with Crippen molar-refractivity contribution in [3.63, 3.8) is 0 Å². The van der Waals surface area contributed by atoms with E-state index in [-0.39, 0.29) is 25.2 Å². The van der Waals surface area contributed by atoms with Gasteiger partial charge in [-0.1, -0.05) is 231 Å². The highest BCUT2D eigenvalue weighted by Gasteiger charge is 2.16. The normalized spacial score (nSPS) is 12.1. The Morgan fingerprint density at radius 2 is 0.685 bits per heavy atom. The molecule has 0 aliphatic rings. The van der Waals surface area contributed by atoms with E-state index in [0.29, 0.717) is 12.8 Å². The van der Waals surface area contributed by atoms with Crippen LogP contribution in [0.25, 0.3) is 0 Å². The third-order valence-electron chi connectivity index (χ3n) is 11.1. The molecule has 5 heteroatoms. The van der Waals surface area contributed by atoms with Crippen molar-refractivity contribution in [2.75, 3.05) is 13.2 Å². The van der Waals surface area contributed by atoms with Crippen LogP contribution in [0.1, 0.15) is 271 Å². The Balaban J connectivity index is 3.45. The highest BCUT2D eigenvalue weighted by molar-refractivity contribution is 5.70. The van der Waals surface area contributed by atoms with E-state index in [2.05, 4.69) is 26.0 Å². The van der Waals surface area contributed by atoms with Crippen LogP contribution in [0.3, 0.4) is 0 Å². The van der Waals surface area contributed by atoms with Crippen LogP contribution in [0, 0.1) is 0 Å². The lowest BCUT2D eigenvalue weighted by Crippen LogP contribution is -2.28. The lowest BCUT2D eigenvalue weighted by molar-refractivity contribution is -0.161. The first kappa shape index (κ1) is 52.6. The zero-order chi connectivity index (χ0) is 39.3. The molecule has 0 spiro atoms. The predicted molar refractivity (Wildman–Crippen MR) is 233 cm³/mol. The largest absolute Gasteiger partial charge is 0.462 e. The lowest BCUT2D eigenvalue weighted by atomic mass is 10.0. The molecule has 1 N–H and O–H groups in total. The molecular formula is C49H94O5. The lowest BCUT2D eigenvalue weighted by Gasteiger charge is -2.15. The van der Waals surface area contributed by atoms with Crippen LogP contribution >= 0.6 is 0 Å². The van der Waals surface area contributed by atoms with Crippen molar-refractivity contribution in [3.8, 4) is 0 Å². The summed E-state index contributed by atoms with van der Waals surface area (Å²) >= 11 is 0. The molecule has 0 aliphatic heterocycles. The van der Waals surface area contributed by atoms with Gasteiger partial charge in [-0.15, -0.1) is 0 Å². The number of rotatable bonds is 45. The van der Waals surface area contributed by atoms with Crippen molar-refractivity contribution in [2.24, 2.45) is 0 Å². The summed E-state index contributed by atoms with van der Waals surface area (Å²) in [5.41, 5.74) is 0. The number of hydrogen-bond acceptors (Lipinski definition) is 5. The van der Waals surface area contributed by atoms with Crippen LogP contribution in [0.15, 0.2) is 12.2 Å². The summed E-state index contributed by atoms with van der Waals surface area (Å²) in [6.45, 7) is 4.17. The van der Waals surface area contributed by atoms with Crippen molar-refractivity contribution in [1.29, 1.82) is 0 Å². The van der Waals surface area contributed by atoms with Crippen LogP contribution in [-0.2, 0) is 19.1 Å². The minimum absolute atomic E-state index is 0.0616. The summed E-state index contributed by atoms with van der Waals surface area (Å²) in [6, 6.07) is 0. The molecule has 0 aliphatic carbocycles. The molecule has 0 saturated heterocycles. The fourth-order valence-corrected chi connectivity index (χ4v) is 7.38. The predicted octanol–water partition coefficient (Wildman–Crippen LogP) is 15.6. The van der Waals surface area contributed by atoms with E-state index in [0.717, 1.165) is 38.5 Å². The highest BCUT2D eigenvalue weighted by atomic mass is 16.6. The summed E-state index contributed by atoms with van der Waals surface area (Å²) in [5.74, 6) is -0.579. The fourth-order valence-electron chi connectivity index (χ4n) is 7.38. The van der Waals surface area contributed by atoms with Gasteiger partial charge in [0, 0.05) is 12.8 Å². The molecule has 0 amide bonds.